The summed E-state index contributed by atoms with van der Waals surface area (Å²) in [5.41, 5.74) is -0.551. The van der Waals surface area contributed by atoms with Crippen molar-refractivity contribution in [3.63, 3.8) is 0 Å². The fourth-order valence-electron chi connectivity index (χ4n) is 3.67. The van der Waals surface area contributed by atoms with Crippen LogP contribution in [0.2, 0.25) is 0 Å². The van der Waals surface area contributed by atoms with Crippen molar-refractivity contribution in [2.45, 2.75) is 71.6 Å². The van der Waals surface area contributed by atoms with Gasteiger partial charge in [0.1, 0.15) is 11.8 Å². The Labute approximate surface area is 133 Å². The van der Waals surface area contributed by atoms with Gasteiger partial charge in [-0.3, -0.25) is 14.5 Å². The van der Waals surface area contributed by atoms with Crippen LogP contribution in [-0.4, -0.2) is 41.6 Å². The first-order valence-electron chi connectivity index (χ1n) is 8.63. The lowest BCUT2D eigenvalue weighted by molar-refractivity contribution is -0.162. The van der Waals surface area contributed by atoms with Crippen LogP contribution in [0.3, 0.4) is 0 Å². The summed E-state index contributed by atoms with van der Waals surface area (Å²) in [5.74, 6) is 0.866. The van der Waals surface area contributed by atoms with Crippen molar-refractivity contribution >= 4 is 11.8 Å². The van der Waals surface area contributed by atoms with E-state index >= 15 is 0 Å². The van der Waals surface area contributed by atoms with Gasteiger partial charge in [0.05, 0.1) is 6.61 Å². The van der Waals surface area contributed by atoms with Gasteiger partial charge in [0.15, 0.2) is 0 Å². The fourth-order valence-corrected chi connectivity index (χ4v) is 3.67. The highest BCUT2D eigenvalue weighted by Crippen LogP contribution is 2.42. The molecule has 2 rings (SSSR count). The molecule has 2 amide bonds. The zero-order valence-electron chi connectivity index (χ0n) is 14.4. The van der Waals surface area contributed by atoms with Gasteiger partial charge in [0, 0.05) is 13.0 Å². The Kier molecular flexibility index (Phi) is 5.48. The number of carbonyl (C=O) groups is 2. The average molecular weight is 310 g/mol. The predicted molar refractivity (Wildman–Crippen MR) is 85.1 cm³/mol. The second kappa shape index (κ2) is 6.99. The number of hydrogen-bond acceptors (Lipinski definition) is 3. The lowest BCUT2D eigenvalue weighted by atomic mass is 9.83. The summed E-state index contributed by atoms with van der Waals surface area (Å²) >= 11 is 0. The van der Waals surface area contributed by atoms with Crippen LogP contribution in [0.15, 0.2) is 0 Å². The van der Waals surface area contributed by atoms with Crippen molar-refractivity contribution in [1.29, 1.82) is 0 Å². The van der Waals surface area contributed by atoms with E-state index in [2.05, 4.69) is 26.1 Å². The SMILES string of the molecule is CCC(=O)N1[C@@H](C(=O)NCC(C)C)CO[C@]12CCC[C@H](C)C2. The number of amides is 2. The molecule has 1 aliphatic heterocycles. The molecule has 0 unspecified atom stereocenters. The molecule has 1 saturated heterocycles. The lowest BCUT2D eigenvalue weighted by Crippen LogP contribution is -2.57. The van der Waals surface area contributed by atoms with Crippen LogP contribution in [0.4, 0.5) is 0 Å². The van der Waals surface area contributed by atoms with Gasteiger partial charge < -0.3 is 10.1 Å². The highest BCUT2D eigenvalue weighted by Gasteiger charge is 2.53. The van der Waals surface area contributed by atoms with Gasteiger partial charge in [-0.25, -0.2) is 0 Å². The number of ether oxygens (including phenoxy) is 1. The molecule has 0 aromatic carbocycles. The minimum Gasteiger partial charge on any atom is -0.354 e. The summed E-state index contributed by atoms with van der Waals surface area (Å²) in [7, 11) is 0. The molecular formula is C17H30N2O3. The number of rotatable bonds is 4. The number of carbonyl (C=O) groups excluding carboxylic acids is 2. The van der Waals surface area contributed by atoms with Gasteiger partial charge >= 0.3 is 0 Å². The Hall–Kier alpha value is -1.10. The van der Waals surface area contributed by atoms with Gasteiger partial charge in [-0.2, -0.15) is 0 Å². The van der Waals surface area contributed by atoms with E-state index in [-0.39, 0.29) is 11.8 Å². The van der Waals surface area contributed by atoms with Gasteiger partial charge in [0.25, 0.3) is 0 Å². The Bertz CT molecular complexity index is 424. The average Bonchev–Trinajstić information content (AvgIpc) is 2.82. The topological polar surface area (TPSA) is 58.6 Å². The normalized spacial score (nSPS) is 31.8. The highest BCUT2D eigenvalue weighted by atomic mass is 16.5. The molecule has 0 radical (unpaired) electrons. The van der Waals surface area contributed by atoms with Crippen LogP contribution in [0, 0.1) is 11.8 Å². The van der Waals surface area contributed by atoms with Crippen molar-refractivity contribution in [2.24, 2.45) is 11.8 Å². The molecule has 1 aliphatic carbocycles. The maximum absolute atomic E-state index is 12.5. The molecule has 0 aromatic rings. The molecule has 5 heteroatoms. The molecular weight excluding hydrogens is 280 g/mol. The minimum absolute atomic E-state index is 0.0243. The molecule has 5 nitrogen and oxygen atoms in total. The van der Waals surface area contributed by atoms with E-state index in [1.165, 1.54) is 6.42 Å². The number of nitrogens with one attached hydrogen (secondary N) is 1. The van der Waals surface area contributed by atoms with Gasteiger partial charge in [-0.05, 0) is 31.1 Å². The van der Waals surface area contributed by atoms with E-state index in [1.807, 2.05) is 6.92 Å². The van der Waals surface area contributed by atoms with Crippen LogP contribution >= 0.6 is 0 Å². The first-order chi connectivity index (χ1) is 10.4. The zero-order valence-corrected chi connectivity index (χ0v) is 14.4. The maximum atomic E-state index is 12.5. The van der Waals surface area contributed by atoms with Crippen molar-refractivity contribution in [1.82, 2.24) is 10.2 Å². The third-order valence-corrected chi connectivity index (χ3v) is 4.75. The molecule has 1 heterocycles. The number of nitrogens with zero attached hydrogens (tertiary/aromatic N) is 1. The summed E-state index contributed by atoms with van der Waals surface area (Å²) in [5, 5.41) is 2.95. The minimum atomic E-state index is -0.551. The lowest BCUT2D eigenvalue weighted by Gasteiger charge is -2.43. The Morgan fingerprint density at radius 2 is 2.14 bits per heavy atom. The molecule has 126 valence electrons. The van der Waals surface area contributed by atoms with Crippen molar-refractivity contribution in [3.8, 4) is 0 Å². The van der Waals surface area contributed by atoms with Crippen molar-refractivity contribution < 1.29 is 14.3 Å². The summed E-state index contributed by atoms with van der Waals surface area (Å²) in [6, 6.07) is -0.475. The zero-order chi connectivity index (χ0) is 16.3. The second-order valence-electron chi connectivity index (χ2n) is 7.23. The molecule has 2 aliphatic rings. The summed E-state index contributed by atoms with van der Waals surface area (Å²) < 4.78 is 6.07. The van der Waals surface area contributed by atoms with Crippen LogP contribution in [0.1, 0.15) is 59.8 Å². The van der Waals surface area contributed by atoms with Gasteiger partial charge in [0.2, 0.25) is 11.8 Å². The van der Waals surface area contributed by atoms with E-state index < -0.39 is 11.8 Å². The van der Waals surface area contributed by atoms with E-state index in [4.69, 9.17) is 4.74 Å². The first kappa shape index (κ1) is 17.3. The van der Waals surface area contributed by atoms with Crippen molar-refractivity contribution in [2.75, 3.05) is 13.2 Å². The standard InChI is InChI=1S/C17H30N2O3/c1-5-15(20)19-14(16(21)18-10-12(2)3)11-22-17(19)8-6-7-13(4)9-17/h12-14H,5-11H2,1-4H3,(H,18,21)/t13-,14+,17-/m0/s1. The van der Waals surface area contributed by atoms with E-state index in [0.717, 1.165) is 19.3 Å². The summed E-state index contributed by atoms with van der Waals surface area (Å²) in [4.78, 5) is 26.8. The molecule has 22 heavy (non-hydrogen) atoms. The van der Waals surface area contributed by atoms with Gasteiger partial charge in [-0.1, -0.05) is 34.1 Å². The van der Waals surface area contributed by atoms with E-state index in [0.29, 0.717) is 31.4 Å². The third kappa shape index (κ3) is 3.45. The molecule has 0 aromatic heterocycles. The Balaban J connectivity index is 2.17. The second-order valence-corrected chi connectivity index (χ2v) is 7.23. The highest BCUT2D eigenvalue weighted by molar-refractivity contribution is 5.88. The Morgan fingerprint density at radius 3 is 2.73 bits per heavy atom. The summed E-state index contributed by atoms with van der Waals surface area (Å²) in [6.07, 6.45) is 4.32. The first-order valence-corrected chi connectivity index (χ1v) is 8.63. The predicted octanol–water partition coefficient (Wildman–Crippen LogP) is 2.30. The van der Waals surface area contributed by atoms with Crippen LogP contribution in [-0.2, 0) is 14.3 Å². The quantitative estimate of drug-likeness (QED) is 0.867. The molecule has 2 fully saturated rings. The largest absolute Gasteiger partial charge is 0.354 e. The van der Waals surface area contributed by atoms with E-state index in [1.54, 1.807) is 4.90 Å². The smallest absolute Gasteiger partial charge is 0.245 e. The van der Waals surface area contributed by atoms with Crippen LogP contribution in [0.25, 0.3) is 0 Å². The fraction of sp³-hybridized carbons (Fsp3) is 0.882. The van der Waals surface area contributed by atoms with Crippen LogP contribution < -0.4 is 5.32 Å². The van der Waals surface area contributed by atoms with Gasteiger partial charge in [-0.15, -0.1) is 0 Å². The van der Waals surface area contributed by atoms with Crippen molar-refractivity contribution in [3.05, 3.63) is 0 Å². The monoisotopic (exact) mass is 310 g/mol. The van der Waals surface area contributed by atoms with E-state index in [9.17, 15) is 9.59 Å². The maximum Gasteiger partial charge on any atom is 0.245 e. The summed E-state index contributed by atoms with van der Waals surface area (Å²) in [6.45, 7) is 9.12. The molecule has 0 bridgehead atoms. The molecule has 1 saturated carbocycles. The molecule has 3 atom stereocenters. The third-order valence-electron chi connectivity index (χ3n) is 4.75. The molecule has 1 N–H and O–H groups in total. The Morgan fingerprint density at radius 1 is 1.41 bits per heavy atom. The molecule has 1 spiro atoms. The number of hydrogen-bond donors (Lipinski definition) is 1. The van der Waals surface area contributed by atoms with Crippen LogP contribution in [0.5, 0.6) is 0 Å².